The van der Waals surface area contributed by atoms with E-state index in [1.807, 2.05) is 17.0 Å². The molecule has 1 N–H and O–H groups in total. The highest BCUT2D eigenvalue weighted by Crippen LogP contribution is 2.19. The predicted molar refractivity (Wildman–Crippen MR) is 88.7 cm³/mol. The second kappa shape index (κ2) is 6.60. The van der Waals surface area contributed by atoms with Gasteiger partial charge in [0.25, 0.3) is 5.91 Å². The molecule has 4 rings (SSSR count). The molecule has 1 amide bonds. The molecule has 7 nitrogen and oxygen atoms in total. The predicted octanol–water partition coefficient (Wildman–Crippen LogP) is 1.28. The Bertz CT molecular complexity index is 690. The van der Waals surface area contributed by atoms with Gasteiger partial charge in [-0.15, -0.1) is 0 Å². The highest BCUT2D eigenvalue weighted by atomic mass is 16.3. The van der Waals surface area contributed by atoms with E-state index in [0.29, 0.717) is 37.3 Å². The van der Waals surface area contributed by atoms with Crippen LogP contribution in [-0.2, 0) is 6.54 Å². The van der Waals surface area contributed by atoms with Crippen molar-refractivity contribution >= 4 is 11.6 Å². The molecule has 126 valence electrons. The summed E-state index contributed by atoms with van der Waals surface area (Å²) in [4.78, 5) is 25.0. The minimum absolute atomic E-state index is 0.0502. The molecule has 1 saturated heterocycles. The molecule has 3 heterocycles. The fourth-order valence-corrected chi connectivity index (χ4v) is 2.89. The van der Waals surface area contributed by atoms with Crippen molar-refractivity contribution in [2.24, 2.45) is 0 Å². The Morgan fingerprint density at radius 3 is 2.67 bits per heavy atom. The maximum Gasteiger partial charge on any atom is 0.275 e. The zero-order valence-electron chi connectivity index (χ0n) is 13.5. The molecule has 2 fully saturated rings. The number of oxazole rings is 1. The summed E-state index contributed by atoms with van der Waals surface area (Å²) in [6, 6.07) is 4.58. The molecule has 0 spiro atoms. The smallest absolute Gasteiger partial charge is 0.275 e. The van der Waals surface area contributed by atoms with E-state index in [9.17, 15) is 4.79 Å². The van der Waals surface area contributed by atoms with Crippen LogP contribution in [0.25, 0.3) is 0 Å². The Labute approximate surface area is 140 Å². The van der Waals surface area contributed by atoms with Crippen LogP contribution in [0.15, 0.2) is 35.2 Å². The number of carbonyl (C=O) groups excluding carboxylic acids is 1. The van der Waals surface area contributed by atoms with Crippen molar-refractivity contribution < 1.29 is 9.21 Å². The van der Waals surface area contributed by atoms with Crippen molar-refractivity contribution in [2.75, 3.05) is 31.1 Å². The minimum Gasteiger partial charge on any atom is -0.447 e. The summed E-state index contributed by atoms with van der Waals surface area (Å²) >= 11 is 0. The number of pyridine rings is 1. The summed E-state index contributed by atoms with van der Waals surface area (Å²) in [6.45, 7) is 3.58. The molecule has 24 heavy (non-hydrogen) atoms. The molecule has 0 radical (unpaired) electrons. The van der Waals surface area contributed by atoms with Crippen LogP contribution in [0, 0.1) is 0 Å². The van der Waals surface area contributed by atoms with Gasteiger partial charge < -0.3 is 19.5 Å². The van der Waals surface area contributed by atoms with E-state index in [1.165, 1.54) is 19.1 Å². The average Bonchev–Trinajstić information content (AvgIpc) is 3.36. The normalized spacial score (nSPS) is 18.0. The number of nitrogens with zero attached hydrogens (tertiary/aromatic N) is 4. The SMILES string of the molecule is O=C(c1coc(CNC2CC2)n1)N1CCN(c2ccncc2)CC1. The van der Waals surface area contributed by atoms with Crippen molar-refractivity contribution in [3.05, 3.63) is 42.4 Å². The van der Waals surface area contributed by atoms with Gasteiger partial charge in [-0.25, -0.2) is 4.98 Å². The second-order valence-electron chi connectivity index (χ2n) is 6.27. The topological polar surface area (TPSA) is 74.5 Å². The monoisotopic (exact) mass is 327 g/mol. The zero-order valence-corrected chi connectivity index (χ0v) is 13.5. The molecule has 2 aromatic heterocycles. The molecule has 2 aliphatic rings. The number of carbonyl (C=O) groups is 1. The van der Waals surface area contributed by atoms with Gasteiger partial charge >= 0.3 is 0 Å². The van der Waals surface area contributed by atoms with E-state index < -0.39 is 0 Å². The van der Waals surface area contributed by atoms with Gasteiger partial charge in [-0.05, 0) is 25.0 Å². The molecule has 0 bridgehead atoms. The summed E-state index contributed by atoms with van der Waals surface area (Å²) < 4.78 is 5.41. The maximum atomic E-state index is 12.6. The van der Waals surface area contributed by atoms with Gasteiger partial charge in [-0.3, -0.25) is 9.78 Å². The molecule has 0 aromatic carbocycles. The number of anilines is 1. The van der Waals surface area contributed by atoms with Crippen LogP contribution >= 0.6 is 0 Å². The minimum atomic E-state index is -0.0502. The van der Waals surface area contributed by atoms with E-state index in [1.54, 1.807) is 12.4 Å². The quantitative estimate of drug-likeness (QED) is 0.892. The van der Waals surface area contributed by atoms with Gasteiger partial charge in [-0.2, -0.15) is 0 Å². The number of aromatic nitrogens is 2. The van der Waals surface area contributed by atoms with E-state index in [0.717, 1.165) is 18.8 Å². The Morgan fingerprint density at radius 2 is 1.96 bits per heavy atom. The molecule has 2 aromatic rings. The van der Waals surface area contributed by atoms with Crippen LogP contribution < -0.4 is 10.2 Å². The van der Waals surface area contributed by atoms with E-state index >= 15 is 0 Å². The molecule has 0 unspecified atom stereocenters. The van der Waals surface area contributed by atoms with Crippen molar-refractivity contribution in [2.45, 2.75) is 25.4 Å². The summed E-state index contributed by atoms with van der Waals surface area (Å²) in [6.07, 6.45) is 7.49. The third-order valence-electron chi connectivity index (χ3n) is 4.48. The largest absolute Gasteiger partial charge is 0.447 e. The number of nitrogens with one attached hydrogen (secondary N) is 1. The van der Waals surface area contributed by atoms with Gasteiger partial charge in [0.1, 0.15) is 6.26 Å². The Kier molecular flexibility index (Phi) is 4.17. The lowest BCUT2D eigenvalue weighted by Gasteiger charge is -2.35. The van der Waals surface area contributed by atoms with Crippen molar-refractivity contribution in [1.82, 2.24) is 20.2 Å². The zero-order chi connectivity index (χ0) is 16.4. The number of piperazine rings is 1. The first-order valence-corrected chi connectivity index (χ1v) is 8.41. The Balaban J connectivity index is 1.32. The molecule has 0 atom stereocenters. The van der Waals surface area contributed by atoms with Gasteiger partial charge in [0.15, 0.2) is 5.69 Å². The van der Waals surface area contributed by atoms with E-state index in [-0.39, 0.29) is 5.91 Å². The van der Waals surface area contributed by atoms with Gasteiger partial charge in [-0.1, -0.05) is 0 Å². The van der Waals surface area contributed by atoms with Crippen LogP contribution in [-0.4, -0.2) is 53.0 Å². The standard InChI is InChI=1S/C17H21N5O2/c23-17(15-12-24-16(20-15)11-19-13-1-2-13)22-9-7-21(8-10-22)14-3-5-18-6-4-14/h3-6,12-13,19H,1-2,7-11H2. The van der Waals surface area contributed by atoms with Gasteiger partial charge in [0, 0.05) is 50.3 Å². The number of hydrogen-bond donors (Lipinski definition) is 1. The van der Waals surface area contributed by atoms with E-state index in [4.69, 9.17) is 4.42 Å². The molecule has 7 heteroatoms. The van der Waals surface area contributed by atoms with Gasteiger partial charge in [0.2, 0.25) is 5.89 Å². The van der Waals surface area contributed by atoms with Crippen molar-refractivity contribution in [3.63, 3.8) is 0 Å². The molecular weight excluding hydrogens is 306 g/mol. The highest BCUT2D eigenvalue weighted by molar-refractivity contribution is 5.92. The number of amides is 1. The summed E-state index contributed by atoms with van der Waals surface area (Å²) in [5, 5.41) is 3.34. The Morgan fingerprint density at radius 1 is 1.21 bits per heavy atom. The molecule has 1 saturated carbocycles. The van der Waals surface area contributed by atoms with Gasteiger partial charge in [0.05, 0.1) is 6.54 Å². The molecule has 1 aliphatic heterocycles. The lowest BCUT2D eigenvalue weighted by Crippen LogP contribution is -2.48. The average molecular weight is 327 g/mol. The lowest BCUT2D eigenvalue weighted by molar-refractivity contribution is 0.0741. The summed E-state index contributed by atoms with van der Waals surface area (Å²) in [5.41, 5.74) is 1.55. The fraction of sp³-hybridized carbons (Fsp3) is 0.471. The van der Waals surface area contributed by atoms with Crippen LogP contribution in [0.1, 0.15) is 29.2 Å². The number of hydrogen-bond acceptors (Lipinski definition) is 6. The van der Waals surface area contributed by atoms with Crippen molar-refractivity contribution in [1.29, 1.82) is 0 Å². The number of rotatable bonds is 5. The van der Waals surface area contributed by atoms with Crippen LogP contribution in [0.3, 0.4) is 0 Å². The van der Waals surface area contributed by atoms with Crippen molar-refractivity contribution in [3.8, 4) is 0 Å². The first-order chi connectivity index (χ1) is 11.8. The molecule has 1 aliphatic carbocycles. The lowest BCUT2D eigenvalue weighted by atomic mass is 10.2. The van der Waals surface area contributed by atoms with Crippen LogP contribution in [0.4, 0.5) is 5.69 Å². The maximum absolute atomic E-state index is 12.6. The first-order valence-electron chi connectivity index (χ1n) is 8.41. The Hall–Kier alpha value is -2.41. The summed E-state index contributed by atoms with van der Waals surface area (Å²) in [5.74, 6) is 0.534. The third-order valence-corrected chi connectivity index (χ3v) is 4.48. The second-order valence-corrected chi connectivity index (χ2v) is 6.27. The van der Waals surface area contributed by atoms with Crippen LogP contribution in [0.2, 0.25) is 0 Å². The third kappa shape index (κ3) is 3.41. The van der Waals surface area contributed by atoms with E-state index in [2.05, 4.69) is 20.2 Å². The summed E-state index contributed by atoms with van der Waals surface area (Å²) in [7, 11) is 0. The molecular formula is C17H21N5O2. The fourth-order valence-electron chi connectivity index (χ4n) is 2.89. The van der Waals surface area contributed by atoms with Crippen LogP contribution in [0.5, 0.6) is 0 Å². The first kappa shape index (κ1) is 15.1. The highest BCUT2D eigenvalue weighted by Gasteiger charge is 2.25.